The second-order valence-electron chi connectivity index (χ2n) is 4.84. The Morgan fingerprint density at radius 3 is 2.55 bits per heavy atom. The number of hydrogen-bond acceptors (Lipinski definition) is 4. The Kier molecular flexibility index (Phi) is 5.64. The molecule has 0 unspecified atom stereocenters. The predicted octanol–water partition coefficient (Wildman–Crippen LogP) is 0.589. The van der Waals surface area contributed by atoms with Crippen molar-refractivity contribution in [1.29, 1.82) is 0 Å². The third-order valence-corrected chi connectivity index (χ3v) is 3.65. The van der Waals surface area contributed by atoms with Crippen LogP contribution in [0, 0.1) is 5.82 Å². The zero-order chi connectivity index (χ0) is 15.3. The Hall–Kier alpha value is -1.47. The van der Waals surface area contributed by atoms with Gasteiger partial charge in [-0.3, -0.25) is 9.69 Å². The standard InChI is InChI=1S/C13H19FN2O3S/c1-16(2)12(10-5-4-6-11(14)9-10)13(17)15-7-8-20(3,18)19/h4-6,9,12H,7-8H2,1-3H3,(H,15,17)/t12-/m1/s1. The minimum atomic E-state index is -3.13. The lowest BCUT2D eigenvalue weighted by Gasteiger charge is -2.23. The Balaban J connectivity index is 2.79. The average molecular weight is 302 g/mol. The zero-order valence-electron chi connectivity index (χ0n) is 11.8. The van der Waals surface area contributed by atoms with E-state index in [4.69, 9.17) is 0 Å². The summed E-state index contributed by atoms with van der Waals surface area (Å²) >= 11 is 0. The maximum atomic E-state index is 13.2. The molecule has 0 aliphatic carbocycles. The maximum absolute atomic E-state index is 13.2. The minimum Gasteiger partial charge on any atom is -0.353 e. The molecule has 1 N–H and O–H groups in total. The van der Waals surface area contributed by atoms with E-state index in [0.29, 0.717) is 5.56 Å². The Morgan fingerprint density at radius 1 is 1.40 bits per heavy atom. The smallest absolute Gasteiger partial charge is 0.241 e. The van der Waals surface area contributed by atoms with Crippen molar-refractivity contribution in [3.8, 4) is 0 Å². The minimum absolute atomic E-state index is 0.0390. The number of rotatable bonds is 6. The highest BCUT2D eigenvalue weighted by atomic mass is 32.2. The first-order valence-electron chi connectivity index (χ1n) is 6.08. The van der Waals surface area contributed by atoms with Crippen molar-refractivity contribution in [2.75, 3.05) is 32.6 Å². The van der Waals surface area contributed by atoms with E-state index in [1.165, 1.54) is 18.2 Å². The van der Waals surface area contributed by atoms with Crippen LogP contribution in [0.5, 0.6) is 0 Å². The molecule has 7 heteroatoms. The van der Waals surface area contributed by atoms with Gasteiger partial charge in [-0.25, -0.2) is 12.8 Å². The van der Waals surface area contributed by atoms with Gasteiger partial charge in [0, 0.05) is 12.8 Å². The molecule has 0 fully saturated rings. The van der Waals surface area contributed by atoms with Crippen LogP contribution in [0.2, 0.25) is 0 Å². The highest BCUT2D eigenvalue weighted by Crippen LogP contribution is 2.19. The molecule has 112 valence electrons. The molecule has 0 spiro atoms. The van der Waals surface area contributed by atoms with Gasteiger partial charge >= 0.3 is 0 Å². The van der Waals surface area contributed by atoms with E-state index in [1.54, 1.807) is 25.1 Å². The second kappa shape index (κ2) is 6.81. The summed E-state index contributed by atoms with van der Waals surface area (Å²) in [5, 5.41) is 2.56. The van der Waals surface area contributed by atoms with Crippen LogP contribution in [0.3, 0.4) is 0 Å². The van der Waals surface area contributed by atoms with Gasteiger partial charge in [0.1, 0.15) is 21.7 Å². The van der Waals surface area contributed by atoms with Gasteiger partial charge in [-0.05, 0) is 31.8 Å². The van der Waals surface area contributed by atoms with Crippen LogP contribution in [-0.4, -0.2) is 51.9 Å². The van der Waals surface area contributed by atoms with Gasteiger partial charge in [0.2, 0.25) is 5.91 Å². The molecular formula is C13H19FN2O3S. The van der Waals surface area contributed by atoms with Crippen molar-refractivity contribution in [3.05, 3.63) is 35.6 Å². The van der Waals surface area contributed by atoms with Crippen LogP contribution < -0.4 is 5.32 Å². The van der Waals surface area contributed by atoms with Crippen LogP contribution in [0.1, 0.15) is 11.6 Å². The number of benzene rings is 1. The molecule has 20 heavy (non-hydrogen) atoms. The van der Waals surface area contributed by atoms with E-state index in [9.17, 15) is 17.6 Å². The number of halogens is 1. The van der Waals surface area contributed by atoms with Crippen molar-refractivity contribution in [1.82, 2.24) is 10.2 Å². The molecule has 1 amide bonds. The molecule has 0 bridgehead atoms. The molecule has 0 saturated carbocycles. The van der Waals surface area contributed by atoms with Crippen molar-refractivity contribution in [3.63, 3.8) is 0 Å². The van der Waals surface area contributed by atoms with Crippen molar-refractivity contribution in [2.45, 2.75) is 6.04 Å². The first kappa shape index (κ1) is 16.6. The molecule has 5 nitrogen and oxygen atoms in total. The summed E-state index contributed by atoms with van der Waals surface area (Å²) in [6.07, 6.45) is 1.11. The van der Waals surface area contributed by atoms with Crippen LogP contribution in [0.15, 0.2) is 24.3 Å². The Morgan fingerprint density at radius 2 is 2.05 bits per heavy atom. The van der Waals surface area contributed by atoms with E-state index < -0.39 is 21.7 Å². The predicted molar refractivity (Wildman–Crippen MR) is 75.5 cm³/mol. The van der Waals surface area contributed by atoms with Crippen molar-refractivity contribution >= 4 is 15.7 Å². The highest BCUT2D eigenvalue weighted by Gasteiger charge is 2.23. The molecule has 0 radical (unpaired) electrons. The molecule has 0 aromatic heterocycles. The van der Waals surface area contributed by atoms with Gasteiger partial charge in [-0.15, -0.1) is 0 Å². The molecule has 0 heterocycles. The topological polar surface area (TPSA) is 66.5 Å². The first-order chi connectivity index (χ1) is 9.20. The van der Waals surface area contributed by atoms with E-state index in [0.717, 1.165) is 6.26 Å². The van der Waals surface area contributed by atoms with Gasteiger partial charge in [0.15, 0.2) is 0 Å². The summed E-state index contributed by atoms with van der Waals surface area (Å²) in [5.41, 5.74) is 0.520. The number of hydrogen-bond donors (Lipinski definition) is 1. The van der Waals surface area contributed by atoms with Crippen molar-refractivity contribution in [2.24, 2.45) is 0 Å². The number of nitrogens with zero attached hydrogens (tertiary/aromatic N) is 1. The molecular weight excluding hydrogens is 283 g/mol. The van der Waals surface area contributed by atoms with Crippen LogP contribution in [-0.2, 0) is 14.6 Å². The van der Waals surface area contributed by atoms with Crippen LogP contribution in [0.25, 0.3) is 0 Å². The lowest BCUT2D eigenvalue weighted by molar-refractivity contribution is -0.125. The van der Waals surface area contributed by atoms with Gasteiger partial charge in [-0.2, -0.15) is 0 Å². The van der Waals surface area contributed by atoms with E-state index in [2.05, 4.69) is 5.32 Å². The fraction of sp³-hybridized carbons (Fsp3) is 0.462. The SMILES string of the molecule is CN(C)[C@@H](C(=O)NCCS(C)(=O)=O)c1cccc(F)c1. The number of carbonyl (C=O) groups is 1. The van der Waals surface area contributed by atoms with Gasteiger partial charge in [-0.1, -0.05) is 12.1 Å². The summed E-state index contributed by atoms with van der Waals surface area (Å²) in [6.45, 7) is 0.0390. The molecule has 1 rings (SSSR count). The average Bonchev–Trinajstić information content (AvgIpc) is 2.26. The van der Waals surface area contributed by atoms with Crippen molar-refractivity contribution < 1.29 is 17.6 Å². The first-order valence-corrected chi connectivity index (χ1v) is 8.14. The molecule has 0 aliphatic heterocycles. The molecule has 1 aromatic carbocycles. The van der Waals surface area contributed by atoms with Gasteiger partial charge in [0.25, 0.3) is 0 Å². The summed E-state index contributed by atoms with van der Waals surface area (Å²) in [7, 11) is 0.275. The zero-order valence-corrected chi connectivity index (χ0v) is 12.6. The molecule has 1 atom stereocenters. The summed E-state index contributed by atoms with van der Waals surface area (Å²) in [4.78, 5) is 13.8. The number of nitrogens with one attached hydrogen (secondary N) is 1. The number of sulfone groups is 1. The molecule has 0 aliphatic rings. The third-order valence-electron chi connectivity index (χ3n) is 2.70. The number of carbonyl (C=O) groups excluding carboxylic acids is 1. The normalized spacial score (nSPS) is 13.2. The lowest BCUT2D eigenvalue weighted by atomic mass is 10.1. The summed E-state index contributed by atoms with van der Waals surface area (Å²) in [5.74, 6) is -0.898. The van der Waals surface area contributed by atoms with Crippen LogP contribution >= 0.6 is 0 Å². The van der Waals surface area contributed by atoms with E-state index >= 15 is 0 Å². The van der Waals surface area contributed by atoms with Crippen LogP contribution in [0.4, 0.5) is 4.39 Å². The molecule has 0 saturated heterocycles. The van der Waals surface area contributed by atoms with Gasteiger partial charge < -0.3 is 5.32 Å². The van der Waals surface area contributed by atoms with E-state index in [-0.39, 0.29) is 18.2 Å². The molecule has 1 aromatic rings. The summed E-state index contributed by atoms with van der Waals surface area (Å²) in [6, 6.07) is 5.12. The fourth-order valence-electron chi connectivity index (χ4n) is 1.82. The Labute approximate surface area is 118 Å². The highest BCUT2D eigenvalue weighted by molar-refractivity contribution is 7.90. The van der Waals surface area contributed by atoms with E-state index in [1.807, 2.05) is 0 Å². The lowest BCUT2D eigenvalue weighted by Crippen LogP contribution is -2.39. The number of likely N-dealkylation sites (N-methyl/N-ethyl adjacent to an activating group) is 1. The second-order valence-corrected chi connectivity index (χ2v) is 7.10. The fourth-order valence-corrected chi connectivity index (χ4v) is 2.29. The maximum Gasteiger partial charge on any atom is 0.241 e. The number of amides is 1. The Bertz CT molecular complexity index is 573. The summed E-state index contributed by atoms with van der Waals surface area (Å²) < 4.78 is 35.3. The third kappa shape index (κ3) is 5.26. The largest absolute Gasteiger partial charge is 0.353 e. The quantitative estimate of drug-likeness (QED) is 0.835. The monoisotopic (exact) mass is 302 g/mol. The van der Waals surface area contributed by atoms with Gasteiger partial charge in [0.05, 0.1) is 5.75 Å².